The number of rotatable bonds is 12. The molecule has 2 nitrogen and oxygen atoms in total. The van der Waals surface area contributed by atoms with Crippen LogP contribution in [-0.4, -0.2) is 54.5 Å². The third-order valence-electron chi connectivity index (χ3n) is 2.92. The Balaban J connectivity index is -0.000000366. The molecule has 0 atom stereocenters. The molecule has 0 heterocycles. The number of aliphatic hydroxyl groups is 1. The molecule has 0 saturated carbocycles. The van der Waals surface area contributed by atoms with Crippen LogP contribution < -0.4 is 0 Å². The van der Waals surface area contributed by atoms with Gasteiger partial charge in [0.2, 0.25) is 0 Å². The van der Waals surface area contributed by atoms with E-state index in [-0.39, 0.29) is 29.6 Å². The first-order chi connectivity index (χ1) is 8.83. The molecule has 0 aliphatic rings. The van der Waals surface area contributed by atoms with Gasteiger partial charge in [-0.05, 0) is 20.3 Å². The van der Waals surface area contributed by atoms with Gasteiger partial charge in [-0.15, -0.1) is 0 Å². The van der Waals surface area contributed by atoms with Crippen molar-refractivity contribution in [3.05, 3.63) is 0 Å². The van der Waals surface area contributed by atoms with Gasteiger partial charge in [-0.3, -0.25) is 0 Å². The molecular formula is C16H37NaO2. The zero-order valence-electron chi connectivity index (χ0n) is 13.0. The molecule has 0 radical (unpaired) electrons. The van der Waals surface area contributed by atoms with E-state index in [9.17, 15) is 0 Å². The number of hydrogen-bond acceptors (Lipinski definition) is 2. The summed E-state index contributed by atoms with van der Waals surface area (Å²) < 4.78 is 4.83. The normalized spacial score (nSPS) is 9.47. The first-order valence-electron chi connectivity index (χ1n) is 8.01. The van der Waals surface area contributed by atoms with Crippen LogP contribution in [0.5, 0.6) is 0 Å². The van der Waals surface area contributed by atoms with Gasteiger partial charge in [-0.1, -0.05) is 64.7 Å². The van der Waals surface area contributed by atoms with E-state index < -0.39 is 0 Å². The van der Waals surface area contributed by atoms with Crippen molar-refractivity contribution in [3.8, 4) is 0 Å². The summed E-state index contributed by atoms with van der Waals surface area (Å²) >= 11 is 0. The number of unbranched alkanes of at least 4 members (excludes halogenated alkanes) is 9. The number of aliphatic hydroxyl groups excluding tert-OH is 1. The van der Waals surface area contributed by atoms with Gasteiger partial charge in [0.15, 0.2) is 0 Å². The van der Waals surface area contributed by atoms with E-state index >= 15 is 0 Å². The Morgan fingerprint density at radius 2 is 1.00 bits per heavy atom. The van der Waals surface area contributed by atoms with E-state index in [2.05, 4.69) is 6.92 Å². The molecule has 0 amide bonds. The summed E-state index contributed by atoms with van der Waals surface area (Å²) in [5.74, 6) is 0. The van der Waals surface area contributed by atoms with Crippen molar-refractivity contribution in [1.29, 1.82) is 0 Å². The third kappa shape index (κ3) is 32.4. The fourth-order valence-electron chi connectivity index (χ4n) is 1.80. The minimum absolute atomic E-state index is 0. The van der Waals surface area contributed by atoms with E-state index in [1.165, 1.54) is 57.8 Å². The quantitative estimate of drug-likeness (QED) is 0.428. The number of hydrogen-bond donors (Lipinski definition) is 1. The van der Waals surface area contributed by atoms with Crippen molar-refractivity contribution in [2.45, 2.75) is 85.0 Å². The zero-order chi connectivity index (χ0) is 13.9. The summed E-state index contributed by atoms with van der Waals surface area (Å²) in [4.78, 5) is 0. The molecule has 0 rings (SSSR count). The molecule has 0 aliphatic heterocycles. The third-order valence-corrected chi connectivity index (χ3v) is 2.92. The standard InChI is InChI=1S/C12H26O.C4H10O.Na.H/c1-2-3-4-5-6-7-8-9-10-11-12-13;1-3-5-4-2;;/h13H,2-12H2,1H3;3-4H2,1-2H3;;. The SMILES string of the molecule is CCCCCCCCCCCCO.CCOCC.[NaH]. The predicted octanol–water partition coefficient (Wildman–Crippen LogP) is 4.29. The molecule has 0 fully saturated rings. The molecule has 3 heteroatoms. The second kappa shape index (κ2) is 27.3. The van der Waals surface area contributed by atoms with Crippen LogP contribution in [0.1, 0.15) is 85.0 Å². The van der Waals surface area contributed by atoms with Crippen LogP contribution in [0.2, 0.25) is 0 Å². The minimum atomic E-state index is 0. The van der Waals surface area contributed by atoms with Crippen LogP contribution in [0.3, 0.4) is 0 Å². The summed E-state index contributed by atoms with van der Waals surface area (Å²) in [5.41, 5.74) is 0. The van der Waals surface area contributed by atoms with E-state index in [1.54, 1.807) is 0 Å². The Bertz CT molecular complexity index is 109. The van der Waals surface area contributed by atoms with Crippen molar-refractivity contribution < 1.29 is 9.84 Å². The Kier molecular flexibility index (Phi) is 35.8. The fourth-order valence-corrected chi connectivity index (χ4v) is 1.80. The first kappa shape index (κ1) is 24.9. The van der Waals surface area contributed by atoms with E-state index in [4.69, 9.17) is 9.84 Å². The van der Waals surface area contributed by atoms with Crippen LogP contribution in [0, 0.1) is 0 Å². The molecule has 114 valence electrons. The Hall–Kier alpha value is 0.920. The van der Waals surface area contributed by atoms with Gasteiger partial charge in [0.05, 0.1) is 0 Å². The topological polar surface area (TPSA) is 29.5 Å². The van der Waals surface area contributed by atoms with Crippen LogP contribution in [0.4, 0.5) is 0 Å². The molecule has 19 heavy (non-hydrogen) atoms. The van der Waals surface area contributed by atoms with Gasteiger partial charge >= 0.3 is 29.6 Å². The summed E-state index contributed by atoms with van der Waals surface area (Å²) in [6.07, 6.45) is 13.3. The Labute approximate surface area is 144 Å². The average Bonchev–Trinajstić information content (AvgIpc) is 2.39. The van der Waals surface area contributed by atoms with Crippen molar-refractivity contribution in [3.63, 3.8) is 0 Å². The summed E-state index contributed by atoms with van der Waals surface area (Å²) in [7, 11) is 0. The molecule has 0 bridgehead atoms. The van der Waals surface area contributed by atoms with E-state index in [1.807, 2.05) is 13.8 Å². The molecular weight excluding hydrogens is 247 g/mol. The van der Waals surface area contributed by atoms with Crippen molar-refractivity contribution >= 4 is 29.6 Å². The maximum absolute atomic E-state index is 8.57. The van der Waals surface area contributed by atoms with Crippen LogP contribution >= 0.6 is 0 Å². The van der Waals surface area contributed by atoms with Gasteiger partial charge in [-0.2, -0.15) is 0 Å². The molecule has 0 spiro atoms. The van der Waals surface area contributed by atoms with Gasteiger partial charge in [0, 0.05) is 19.8 Å². The Morgan fingerprint density at radius 1 is 0.632 bits per heavy atom. The molecule has 0 aromatic rings. The van der Waals surface area contributed by atoms with Gasteiger partial charge in [0.25, 0.3) is 0 Å². The van der Waals surface area contributed by atoms with Gasteiger partial charge in [-0.25, -0.2) is 0 Å². The molecule has 1 N–H and O–H groups in total. The van der Waals surface area contributed by atoms with E-state index in [0.717, 1.165) is 19.6 Å². The molecule has 0 aromatic carbocycles. The Morgan fingerprint density at radius 3 is 1.26 bits per heavy atom. The summed E-state index contributed by atoms with van der Waals surface area (Å²) in [5, 5.41) is 8.57. The molecule has 0 unspecified atom stereocenters. The molecule has 0 aromatic heterocycles. The van der Waals surface area contributed by atoms with Gasteiger partial charge < -0.3 is 9.84 Å². The summed E-state index contributed by atoms with van der Waals surface area (Å²) in [6.45, 7) is 8.30. The van der Waals surface area contributed by atoms with E-state index in [0.29, 0.717) is 6.61 Å². The second-order valence-electron chi connectivity index (χ2n) is 4.69. The van der Waals surface area contributed by atoms with Crippen molar-refractivity contribution in [1.82, 2.24) is 0 Å². The summed E-state index contributed by atoms with van der Waals surface area (Å²) in [6, 6.07) is 0. The first-order valence-corrected chi connectivity index (χ1v) is 8.01. The van der Waals surface area contributed by atoms with Crippen molar-refractivity contribution in [2.24, 2.45) is 0 Å². The fraction of sp³-hybridized carbons (Fsp3) is 1.00. The van der Waals surface area contributed by atoms with Crippen LogP contribution in [-0.2, 0) is 4.74 Å². The van der Waals surface area contributed by atoms with Gasteiger partial charge in [0.1, 0.15) is 0 Å². The number of ether oxygens (including phenoxy) is 1. The predicted molar refractivity (Wildman–Crippen MR) is 88.2 cm³/mol. The van der Waals surface area contributed by atoms with Crippen molar-refractivity contribution in [2.75, 3.05) is 19.8 Å². The maximum atomic E-state index is 8.57. The second-order valence-corrected chi connectivity index (χ2v) is 4.69. The van der Waals surface area contributed by atoms with Crippen LogP contribution in [0.25, 0.3) is 0 Å². The molecule has 0 saturated heterocycles. The average molecular weight is 284 g/mol. The monoisotopic (exact) mass is 284 g/mol. The zero-order valence-corrected chi connectivity index (χ0v) is 13.0. The van der Waals surface area contributed by atoms with Crippen LogP contribution in [0.15, 0.2) is 0 Å². The molecule has 0 aliphatic carbocycles.